The van der Waals surface area contributed by atoms with Gasteiger partial charge in [0, 0.05) is 6.08 Å². The van der Waals surface area contributed by atoms with Crippen LogP contribution in [0, 0.1) is 11.3 Å². The van der Waals surface area contributed by atoms with Crippen LogP contribution in [0.15, 0.2) is 51.1 Å². The van der Waals surface area contributed by atoms with Crippen molar-refractivity contribution in [3.8, 4) is 6.07 Å². The Morgan fingerprint density at radius 1 is 1.08 bits per heavy atom. The van der Waals surface area contributed by atoms with Gasteiger partial charge in [-0.1, -0.05) is 52.2 Å². The van der Waals surface area contributed by atoms with E-state index in [9.17, 15) is 0 Å². The van der Waals surface area contributed by atoms with Gasteiger partial charge in [-0.2, -0.15) is 5.26 Å². The molecule has 0 aromatic heterocycles. The Kier molecular flexibility index (Phi) is 136. The molecule has 0 aromatic rings. The van der Waals surface area contributed by atoms with Gasteiger partial charge in [-0.05, 0) is 0 Å². The van der Waals surface area contributed by atoms with Gasteiger partial charge in [0.05, 0.1) is 6.07 Å². The summed E-state index contributed by atoms with van der Waals surface area (Å²) in [6.07, 6.45) is 5.71. The summed E-state index contributed by atoms with van der Waals surface area (Å²) in [5, 5.41) is 7.51. The van der Waals surface area contributed by atoms with Gasteiger partial charge < -0.3 is 0 Å². The molecule has 0 aliphatic rings. The highest BCUT2D eigenvalue weighted by Gasteiger charge is 1.35. The summed E-state index contributed by atoms with van der Waals surface area (Å²) in [5.74, 6) is 0. The fourth-order valence-corrected chi connectivity index (χ4v) is 0. The quantitative estimate of drug-likeness (QED) is 0.335. The normalized spacial score (nSPS) is 4.38. The maximum atomic E-state index is 7.51. The zero-order chi connectivity index (χ0) is 11.5. The van der Waals surface area contributed by atoms with E-state index in [1.165, 1.54) is 12.5 Å². The van der Waals surface area contributed by atoms with Crippen LogP contribution in [0.5, 0.6) is 0 Å². The number of hydrogen-bond donors (Lipinski definition) is 0. The van der Waals surface area contributed by atoms with Crippen LogP contribution in [0.3, 0.4) is 0 Å². The molecule has 0 fully saturated rings. The number of nitrogens with zero attached hydrogens (tertiary/aromatic N) is 1. The van der Waals surface area contributed by atoms with Crippen molar-refractivity contribution in [2.45, 2.75) is 20.3 Å². The van der Waals surface area contributed by atoms with Crippen molar-refractivity contribution in [2.24, 2.45) is 0 Å². The monoisotopic (exact) mass is 179 g/mol. The minimum atomic E-state index is 1.18. The predicted molar refractivity (Wildman–Crippen MR) is 63.4 cm³/mol. The van der Waals surface area contributed by atoms with Crippen LogP contribution in [0.1, 0.15) is 20.3 Å². The first kappa shape index (κ1) is 22.5. The summed E-state index contributed by atoms with van der Waals surface area (Å²) in [6, 6.07) is 1.69. The molecule has 0 atom stereocenters. The van der Waals surface area contributed by atoms with Gasteiger partial charge >= 0.3 is 0 Å². The van der Waals surface area contributed by atoms with Crippen molar-refractivity contribution in [1.29, 1.82) is 5.26 Å². The Morgan fingerprint density at radius 2 is 1.23 bits per heavy atom. The molecule has 0 rings (SSSR count). The van der Waals surface area contributed by atoms with E-state index >= 15 is 0 Å². The second-order valence-electron chi connectivity index (χ2n) is 1.51. The molecule has 74 valence electrons. The van der Waals surface area contributed by atoms with Gasteiger partial charge in [-0.15, -0.1) is 13.2 Å². The van der Waals surface area contributed by atoms with E-state index in [-0.39, 0.29) is 0 Å². The highest BCUT2D eigenvalue weighted by atomic mass is 14.2. The van der Waals surface area contributed by atoms with Crippen molar-refractivity contribution >= 4 is 0 Å². The standard InChI is InChI=1S/C4H6.C3H3N.C3H8.C2H4/c1-3-4-2;1-2-3-4;1-3-2;1-2/h3-4H,1-2H2;2H,1H2;3H2,1-2H3;1-2H2. The average Bonchev–Trinajstić information content (AvgIpc) is 2.22. The number of allylic oxidation sites excluding steroid dienone is 3. The number of nitriles is 1. The van der Waals surface area contributed by atoms with Gasteiger partial charge in [0.2, 0.25) is 0 Å². The van der Waals surface area contributed by atoms with Crippen LogP contribution in [0.2, 0.25) is 0 Å². The predicted octanol–water partition coefficient (Wildman–Crippen LogP) is 4.27. The van der Waals surface area contributed by atoms with E-state index in [4.69, 9.17) is 5.26 Å². The molecule has 0 aliphatic carbocycles. The summed E-state index contributed by atoms with van der Waals surface area (Å²) in [6.45, 7) is 20.1. The molecule has 0 unspecified atom stereocenters. The van der Waals surface area contributed by atoms with Crippen LogP contribution in [-0.4, -0.2) is 0 Å². The molecule has 0 heterocycles. The highest BCUT2D eigenvalue weighted by molar-refractivity contribution is 4.93. The van der Waals surface area contributed by atoms with Gasteiger partial charge in [0.15, 0.2) is 0 Å². The second kappa shape index (κ2) is 78.4. The molecule has 1 heteroatoms. The van der Waals surface area contributed by atoms with Crippen LogP contribution >= 0.6 is 0 Å². The molecule has 0 spiro atoms. The Labute approximate surface area is 83.4 Å². The summed E-state index contributed by atoms with van der Waals surface area (Å²) < 4.78 is 0. The third-order valence-corrected chi connectivity index (χ3v) is 0.258. The van der Waals surface area contributed by atoms with Crippen molar-refractivity contribution in [1.82, 2.24) is 0 Å². The third-order valence-electron chi connectivity index (χ3n) is 0.258. The lowest BCUT2D eigenvalue weighted by Gasteiger charge is -1.48. The van der Waals surface area contributed by atoms with E-state index in [1.807, 2.05) is 0 Å². The largest absolute Gasteiger partial charge is 0.193 e. The molecular weight excluding hydrogens is 158 g/mol. The molecule has 0 N–H and O–H groups in total. The van der Waals surface area contributed by atoms with Crippen molar-refractivity contribution in [2.75, 3.05) is 0 Å². The van der Waals surface area contributed by atoms with Crippen molar-refractivity contribution in [3.05, 3.63) is 51.1 Å². The first-order valence-electron chi connectivity index (χ1n) is 3.98. The molecule has 0 saturated carbocycles. The Morgan fingerprint density at radius 3 is 1.23 bits per heavy atom. The first-order valence-corrected chi connectivity index (χ1v) is 3.98. The molecule has 0 bridgehead atoms. The fourth-order valence-electron chi connectivity index (χ4n) is 0. The lowest BCUT2D eigenvalue weighted by Crippen LogP contribution is -1.27. The molecule has 0 aliphatic heterocycles. The summed E-state index contributed by atoms with van der Waals surface area (Å²) in [4.78, 5) is 0. The minimum Gasteiger partial charge on any atom is -0.193 e. The molecule has 0 saturated heterocycles. The lowest BCUT2D eigenvalue weighted by molar-refractivity contribution is 1.09. The minimum absolute atomic E-state index is 1.18. The van der Waals surface area contributed by atoms with Gasteiger partial charge in [-0.3, -0.25) is 0 Å². The van der Waals surface area contributed by atoms with Crippen molar-refractivity contribution < 1.29 is 0 Å². The van der Waals surface area contributed by atoms with E-state index in [1.54, 1.807) is 18.2 Å². The zero-order valence-corrected chi connectivity index (χ0v) is 8.92. The van der Waals surface area contributed by atoms with E-state index in [0.29, 0.717) is 0 Å². The molecular formula is C12H21N. The summed E-state index contributed by atoms with van der Waals surface area (Å²) in [5.41, 5.74) is 0. The summed E-state index contributed by atoms with van der Waals surface area (Å²) >= 11 is 0. The van der Waals surface area contributed by atoms with Gasteiger partial charge in [0.25, 0.3) is 0 Å². The third kappa shape index (κ3) is 3680. The molecule has 0 amide bonds. The average molecular weight is 179 g/mol. The fraction of sp³-hybridized carbons (Fsp3) is 0.250. The maximum absolute atomic E-state index is 7.51. The van der Waals surface area contributed by atoms with E-state index in [0.717, 1.165) is 0 Å². The van der Waals surface area contributed by atoms with Crippen LogP contribution in [-0.2, 0) is 0 Å². The van der Waals surface area contributed by atoms with Gasteiger partial charge in [0.1, 0.15) is 0 Å². The van der Waals surface area contributed by atoms with Crippen LogP contribution in [0.4, 0.5) is 0 Å². The van der Waals surface area contributed by atoms with Gasteiger partial charge in [-0.25, -0.2) is 0 Å². The maximum Gasteiger partial charge on any atom is 0.0905 e. The summed E-state index contributed by atoms with van der Waals surface area (Å²) in [7, 11) is 0. The second-order valence-corrected chi connectivity index (χ2v) is 1.51. The first-order chi connectivity index (χ1) is 6.24. The van der Waals surface area contributed by atoms with E-state index < -0.39 is 0 Å². The SMILES string of the molecule is C=C.C=CC#N.C=CC=C.CCC. The number of rotatable bonds is 1. The Hall–Kier alpha value is -1.55. The molecule has 0 aromatic carbocycles. The Bertz CT molecular complexity index is 123. The van der Waals surface area contributed by atoms with Crippen LogP contribution in [0.25, 0.3) is 0 Å². The molecule has 13 heavy (non-hydrogen) atoms. The highest BCUT2D eigenvalue weighted by Crippen LogP contribution is 1.56. The Balaban J connectivity index is -0.0000000431. The van der Waals surface area contributed by atoms with Crippen molar-refractivity contribution in [3.63, 3.8) is 0 Å². The van der Waals surface area contributed by atoms with E-state index in [2.05, 4.69) is 46.7 Å². The number of hydrogen-bond acceptors (Lipinski definition) is 1. The molecule has 0 radical (unpaired) electrons. The lowest BCUT2D eigenvalue weighted by atomic mass is 10.6. The smallest absolute Gasteiger partial charge is 0.0905 e. The molecule has 1 nitrogen and oxygen atoms in total. The topological polar surface area (TPSA) is 23.8 Å². The zero-order valence-electron chi connectivity index (χ0n) is 8.92. The van der Waals surface area contributed by atoms with Crippen LogP contribution < -0.4 is 0 Å².